The van der Waals surface area contributed by atoms with E-state index in [0.717, 1.165) is 40.1 Å². The number of nitrogens with zero attached hydrogens (tertiary/aromatic N) is 2. The van der Waals surface area contributed by atoms with Crippen molar-refractivity contribution in [1.29, 1.82) is 0 Å². The van der Waals surface area contributed by atoms with Gasteiger partial charge in [-0.2, -0.15) is 13.2 Å². The Morgan fingerprint density at radius 3 is 2.03 bits per heavy atom. The summed E-state index contributed by atoms with van der Waals surface area (Å²) in [4.78, 5) is 8.58. The Kier molecular flexibility index (Phi) is 9.29. The van der Waals surface area contributed by atoms with Gasteiger partial charge < -0.3 is 9.97 Å². The molecule has 1 radical (unpaired) electrons. The summed E-state index contributed by atoms with van der Waals surface area (Å²) in [5.74, 6) is 0. The van der Waals surface area contributed by atoms with Gasteiger partial charge in [-0.3, -0.25) is 0 Å². The first-order valence-electron chi connectivity index (χ1n) is 10.9. The second-order valence-corrected chi connectivity index (χ2v) is 7.73. The van der Waals surface area contributed by atoms with E-state index in [4.69, 9.17) is 0 Å². The van der Waals surface area contributed by atoms with E-state index in [2.05, 4.69) is 22.1 Å². The van der Waals surface area contributed by atoms with Crippen molar-refractivity contribution in [3.8, 4) is 33.6 Å². The molecule has 0 saturated carbocycles. The van der Waals surface area contributed by atoms with Gasteiger partial charge >= 0.3 is 6.18 Å². The molecular formula is C30H21F3IrN2-2. The molecule has 6 heteroatoms. The molecule has 0 unspecified atom stereocenters. The number of alkyl halides is 3. The van der Waals surface area contributed by atoms with Crippen molar-refractivity contribution < 1.29 is 33.3 Å². The van der Waals surface area contributed by atoms with Gasteiger partial charge in [0.1, 0.15) is 0 Å². The number of hydrogen-bond acceptors (Lipinski definition) is 2. The van der Waals surface area contributed by atoms with Gasteiger partial charge in [0.15, 0.2) is 0 Å². The maximum Gasteiger partial charge on any atom is 0.381 e. The zero-order chi connectivity index (χ0) is 24.7. The molecule has 0 aliphatic heterocycles. The molecule has 5 aromatic rings. The SMILES string of the molecule is Cc1cc(-c2[c-]cc(C(F)(F)F)cc2)ncc1-c1ccccc1.[Ir].[c-]1ccccc1-c1ccccn1. The third kappa shape index (κ3) is 6.97. The van der Waals surface area contributed by atoms with E-state index < -0.39 is 11.7 Å². The van der Waals surface area contributed by atoms with Gasteiger partial charge in [0, 0.05) is 38.1 Å². The quantitative estimate of drug-likeness (QED) is 0.183. The largest absolute Gasteiger partial charge is 0.381 e. The second-order valence-electron chi connectivity index (χ2n) is 7.73. The number of aromatic nitrogens is 2. The summed E-state index contributed by atoms with van der Waals surface area (Å²) in [6.07, 6.45) is -0.822. The molecular weight excluding hydrogens is 638 g/mol. The van der Waals surface area contributed by atoms with Crippen LogP contribution in [0.25, 0.3) is 33.6 Å². The fourth-order valence-electron chi connectivity index (χ4n) is 3.46. The van der Waals surface area contributed by atoms with Crippen molar-refractivity contribution in [3.63, 3.8) is 0 Å². The second kappa shape index (κ2) is 12.4. The monoisotopic (exact) mass is 659 g/mol. The van der Waals surface area contributed by atoms with Gasteiger partial charge in [-0.1, -0.05) is 48.5 Å². The zero-order valence-corrected chi connectivity index (χ0v) is 21.6. The predicted molar refractivity (Wildman–Crippen MR) is 132 cm³/mol. The van der Waals surface area contributed by atoms with E-state index in [-0.39, 0.29) is 20.1 Å². The Hall–Kier alpha value is -3.60. The van der Waals surface area contributed by atoms with Crippen LogP contribution in [-0.4, -0.2) is 9.97 Å². The van der Waals surface area contributed by atoms with Crippen molar-refractivity contribution in [2.24, 2.45) is 0 Å². The molecule has 0 spiro atoms. The van der Waals surface area contributed by atoms with Crippen LogP contribution in [0.15, 0.2) is 109 Å². The van der Waals surface area contributed by atoms with Crippen LogP contribution in [0, 0.1) is 19.1 Å². The van der Waals surface area contributed by atoms with Crippen LogP contribution < -0.4 is 0 Å². The molecule has 5 rings (SSSR count). The first-order chi connectivity index (χ1) is 16.9. The number of pyridine rings is 2. The van der Waals surface area contributed by atoms with Crippen molar-refractivity contribution in [2.75, 3.05) is 0 Å². The number of hydrogen-bond donors (Lipinski definition) is 0. The van der Waals surface area contributed by atoms with Crippen LogP contribution in [0.3, 0.4) is 0 Å². The molecule has 2 aromatic heterocycles. The van der Waals surface area contributed by atoms with E-state index >= 15 is 0 Å². The number of rotatable bonds is 3. The van der Waals surface area contributed by atoms with Gasteiger partial charge in [0.2, 0.25) is 0 Å². The predicted octanol–water partition coefficient (Wildman–Crippen LogP) is 8.09. The first kappa shape index (κ1) is 27.0. The molecule has 0 N–H and O–H groups in total. The summed E-state index contributed by atoms with van der Waals surface area (Å²) in [5, 5.41) is 0. The molecule has 3 aromatic carbocycles. The maximum atomic E-state index is 12.6. The van der Waals surface area contributed by atoms with Gasteiger partial charge in [0.25, 0.3) is 0 Å². The van der Waals surface area contributed by atoms with E-state index in [1.807, 2.05) is 85.8 Å². The standard InChI is InChI=1S/C19H13F3N.C11H8N.Ir/c1-13-11-18(15-7-9-16(10-8-15)19(20,21)22)23-12-17(13)14-5-3-2-4-6-14;1-2-6-10(7-3-1)11-8-4-5-9-12-11;/h2-7,9-12H,1H3;1-6,8-9H;/q2*-1;. The van der Waals surface area contributed by atoms with Crippen LogP contribution in [0.2, 0.25) is 0 Å². The average Bonchev–Trinajstić information content (AvgIpc) is 2.90. The molecule has 0 fully saturated rings. The first-order valence-corrected chi connectivity index (χ1v) is 10.9. The molecule has 0 atom stereocenters. The van der Waals surface area contributed by atoms with E-state index in [1.165, 1.54) is 6.07 Å². The average molecular weight is 659 g/mol. The molecule has 0 amide bonds. The van der Waals surface area contributed by atoms with Crippen LogP contribution in [0.5, 0.6) is 0 Å². The summed E-state index contributed by atoms with van der Waals surface area (Å²) < 4.78 is 37.8. The van der Waals surface area contributed by atoms with E-state index in [1.54, 1.807) is 12.4 Å². The number of aryl methyl sites for hydroxylation is 1. The fourth-order valence-corrected chi connectivity index (χ4v) is 3.46. The molecule has 0 bridgehead atoms. The fraction of sp³-hybridized carbons (Fsp3) is 0.0667. The van der Waals surface area contributed by atoms with Crippen LogP contribution in [-0.2, 0) is 26.3 Å². The summed E-state index contributed by atoms with van der Waals surface area (Å²) in [5.41, 5.74) is 5.52. The Labute approximate surface area is 222 Å². The smallest absolute Gasteiger partial charge is 0.305 e. The van der Waals surface area contributed by atoms with Crippen molar-refractivity contribution in [3.05, 3.63) is 133 Å². The van der Waals surface area contributed by atoms with Gasteiger partial charge in [0.05, 0.1) is 0 Å². The summed E-state index contributed by atoms with van der Waals surface area (Å²) in [6.45, 7) is 1.96. The minimum absolute atomic E-state index is 0. The number of benzene rings is 3. The molecule has 0 aliphatic carbocycles. The summed E-state index contributed by atoms with van der Waals surface area (Å²) in [7, 11) is 0. The summed E-state index contributed by atoms with van der Waals surface area (Å²) in [6, 6.07) is 34.6. The molecule has 36 heavy (non-hydrogen) atoms. The van der Waals surface area contributed by atoms with Crippen molar-refractivity contribution >= 4 is 0 Å². The molecule has 2 nitrogen and oxygen atoms in total. The maximum absolute atomic E-state index is 12.6. The Bertz CT molecular complexity index is 1320. The van der Waals surface area contributed by atoms with Crippen LogP contribution >= 0.6 is 0 Å². The van der Waals surface area contributed by atoms with E-state index in [0.29, 0.717) is 11.3 Å². The van der Waals surface area contributed by atoms with Crippen LogP contribution in [0.1, 0.15) is 11.1 Å². The van der Waals surface area contributed by atoms with Gasteiger partial charge in [-0.15, -0.1) is 65.7 Å². The molecule has 183 valence electrons. The number of halogens is 3. The van der Waals surface area contributed by atoms with Gasteiger partial charge in [-0.05, 0) is 41.1 Å². The molecule has 0 saturated heterocycles. The Balaban J connectivity index is 0.000000234. The minimum atomic E-state index is -4.35. The van der Waals surface area contributed by atoms with Crippen molar-refractivity contribution in [2.45, 2.75) is 13.1 Å². The van der Waals surface area contributed by atoms with Crippen molar-refractivity contribution in [1.82, 2.24) is 9.97 Å². The normalized spacial score (nSPS) is 10.6. The van der Waals surface area contributed by atoms with Crippen LogP contribution in [0.4, 0.5) is 13.2 Å². The molecule has 2 heterocycles. The third-order valence-electron chi connectivity index (χ3n) is 5.26. The summed E-state index contributed by atoms with van der Waals surface area (Å²) >= 11 is 0. The zero-order valence-electron chi connectivity index (χ0n) is 19.3. The van der Waals surface area contributed by atoms with Gasteiger partial charge in [-0.25, -0.2) is 0 Å². The Morgan fingerprint density at radius 2 is 1.44 bits per heavy atom. The van der Waals surface area contributed by atoms with E-state index in [9.17, 15) is 13.2 Å². The minimum Gasteiger partial charge on any atom is -0.305 e. The molecule has 0 aliphatic rings. The Morgan fingerprint density at radius 1 is 0.722 bits per heavy atom. The third-order valence-corrected chi connectivity index (χ3v) is 5.26. The topological polar surface area (TPSA) is 25.8 Å².